The minimum Gasteiger partial charge on any atom is -0.491 e. The molecule has 0 heterocycles. The summed E-state index contributed by atoms with van der Waals surface area (Å²) in [5.74, 6) is -0.456. The highest BCUT2D eigenvalue weighted by Crippen LogP contribution is 2.34. The summed E-state index contributed by atoms with van der Waals surface area (Å²) >= 11 is 0. The zero-order chi connectivity index (χ0) is 22.7. The van der Waals surface area contributed by atoms with Crippen molar-refractivity contribution in [2.45, 2.75) is 6.10 Å². The Labute approximate surface area is 184 Å². The van der Waals surface area contributed by atoms with Crippen LogP contribution >= 0.6 is 0 Å². The number of hydrogen-bond donors (Lipinski definition) is 1. The number of carbonyl (C=O) groups is 3. The van der Waals surface area contributed by atoms with Gasteiger partial charge < -0.3 is 14.6 Å². The van der Waals surface area contributed by atoms with Crippen LogP contribution in [-0.4, -0.2) is 42.0 Å². The predicted molar refractivity (Wildman–Crippen MR) is 118 cm³/mol. The van der Waals surface area contributed by atoms with Gasteiger partial charge in [-0.3, -0.25) is 9.59 Å². The molecule has 0 spiro atoms. The third-order valence-electron chi connectivity index (χ3n) is 5.14. The van der Waals surface area contributed by atoms with Gasteiger partial charge >= 0.3 is 5.97 Å². The van der Waals surface area contributed by atoms with Gasteiger partial charge in [-0.25, -0.2) is 4.79 Å². The summed E-state index contributed by atoms with van der Waals surface area (Å²) in [4.78, 5) is 37.1. The maximum Gasteiger partial charge on any atom is 0.330 e. The second-order valence-electron chi connectivity index (χ2n) is 7.26. The van der Waals surface area contributed by atoms with Crippen molar-refractivity contribution < 1.29 is 29.0 Å². The van der Waals surface area contributed by atoms with Crippen LogP contribution in [0.2, 0.25) is 0 Å². The van der Waals surface area contributed by atoms with E-state index in [0.29, 0.717) is 33.6 Å². The molecule has 0 aliphatic heterocycles. The molecule has 3 aromatic rings. The van der Waals surface area contributed by atoms with Crippen LogP contribution in [0.15, 0.2) is 79.4 Å². The number of esters is 1. The maximum atomic E-state index is 13.2. The van der Waals surface area contributed by atoms with Crippen LogP contribution in [0, 0.1) is 0 Å². The summed E-state index contributed by atoms with van der Waals surface area (Å²) in [7, 11) is 0. The number of carbonyl (C=O) groups excluding carboxylic acids is 3. The molecule has 0 fully saturated rings. The molecule has 0 saturated heterocycles. The van der Waals surface area contributed by atoms with Crippen LogP contribution < -0.4 is 4.74 Å². The standard InChI is InChI=1S/C26H20O6/c1-2-23(28)32-15-17(27)14-31-18-12-10-16(11-13-18)19-8-5-9-22-24(19)26(30)21-7-4-3-6-20(21)25(22)29/h2-13,17,27H,1,14-15H2. The number of aliphatic hydroxyl groups excluding tert-OH is 1. The normalized spacial score (nSPS) is 13.0. The molecule has 6 heteroatoms. The van der Waals surface area contributed by atoms with Gasteiger partial charge in [0, 0.05) is 28.3 Å². The van der Waals surface area contributed by atoms with Crippen molar-refractivity contribution in [2.75, 3.05) is 13.2 Å². The highest BCUT2D eigenvalue weighted by molar-refractivity contribution is 6.30. The number of ketones is 2. The van der Waals surface area contributed by atoms with Crippen LogP contribution in [0.5, 0.6) is 5.75 Å². The van der Waals surface area contributed by atoms with Gasteiger partial charge in [0.1, 0.15) is 25.1 Å². The summed E-state index contributed by atoms with van der Waals surface area (Å²) in [6.07, 6.45) is 0.0364. The van der Waals surface area contributed by atoms with Crippen molar-refractivity contribution in [3.05, 3.63) is 102 Å². The van der Waals surface area contributed by atoms with Crippen molar-refractivity contribution in [3.63, 3.8) is 0 Å². The van der Waals surface area contributed by atoms with E-state index in [2.05, 4.69) is 6.58 Å². The van der Waals surface area contributed by atoms with Crippen molar-refractivity contribution in [3.8, 4) is 16.9 Å². The molecule has 0 aromatic heterocycles. The first-order valence-corrected chi connectivity index (χ1v) is 10.0. The fourth-order valence-electron chi connectivity index (χ4n) is 3.59. The molecule has 1 aliphatic carbocycles. The van der Waals surface area contributed by atoms with E-state index >= 15 is 0 Å². The summed E-state index contributed by atoms with van der Waals surface area (Å²) in [6, 6.07) is 19.1. The minimum atomic E-state index is -0.983. The van der Waals surface area contributed by atoms with Crippen LogP contribution in [-0.2, 0) is 9.53 Å². The van der Waals surface area contributed by atoms with Gasteiger partial charge in [-0.15, -0.1) is 0 Å². The van der Waals surface area contributed by atoms with Crippen molar-refractivity contribution >= 4 is 17.5 Å². The van der Waals surface area contributed by atoms with Gasteiger partial charge in [-0.05, 0) is 23.3 Å². The Morgan fingerprint density at radius 2 is 1.47 bits per heavy atom. The second kappa shape index (κ2) is 8.99. The molecule has 6 nitrogen and oxygen atoms in total. The van der Waals surface area contributed by atoms with Crippen molar-refractivity contribution in [2.24, 2.45) is 0 Å². The Morgan fingerprint density at radius 3 is 2.16 bits per heavy atom. The lowest BCUT2D eigenvalue weighted by atomic mass is 9.80. The summed E-state index contributed by atoms with van der Waals surface area (Å²) in [6.45, 7) is 3.03. The zero-order valence-electron chi connectivity index (χ0n) is 17.1. The fraction of sp³-hybridized carbons (Fsp3) is 0.115. The van der Waals surface area contributed by atoms with E-state index in [0.717, 1.165) is 11.6 Å². The average Bonchev–Trinajstić information content (AvgIpc) is 2.84. The molecular formula is C26H20O6. The van der Waals surface area contributed by atoms with Crippen LogP contribution in [0.3, 0.4) is 0 Å². The molecule has 0 radical (unpaired) electrons. The monoisotopic (exact) mass is 428 g/mol. The molecule has 0 amide bonds. The lowest BCUT2D eigenvalue weighted by Crippen LogP contribution is -2.24. The Balaban J connectivity index is 1.53. The molecule has 4 rings (SSSR count). The molecule has 1 aliphatic rings. The lowest BCUT2D eigenvalue weighted by Gasteiger charge is -2.20. The molecule has 1 N–H and O–H groups in total. The maximum absolute atomic E-state index is 13.2. The van der Waals surface area contributed by atoms with Gasteiger partial charge in [-0.2, -0.15) is 0 Å². The summed E-state index contributed by atoms with van der Waals surface area (Å²) in [5, 5.41) is 9.85. The van der Waals surface area contributed by atoms with Crippen molar-refractivity contribution in [1.29, 1.82) is 0 Å². The first-order chi connectivity index (χ1) is 15.5. The van der Waals surface area contributed by atoms with E-state index in [1.165, 1.54) is 0 Å². The van der Waals surface area contributed by atoms with E-state index in [4.69, 9.17) is 9.47 Å². The molecule has 0 bridgehead atoms. The predicted octanol–water partition coefficient (Wildman–Crippen LogP) is 3.60. The molecule has 32 heavy (non-hydrogen) atoms. The third kappa shape index (κ3) is 4.08. The number of benzene rings is 3. The first-order valence-electron chi connectivity index (χ1n) is 10.0. The van der Waals surface area contributed by atoms with E-state index in [1.54, 1.807) is 60.7 Å². The molecule has 160 valence electrons. The van der Waals surface area contributed by atoms with E-state index in [9.17, 15) is 19.5 Å². The summed E-state index contributed by atoms with van der Waals surface area (Å²) < 4.78 is 10.3. The Bertz CT molecular complexity index is 1210. The number of rotatable bonds is 7. The number of fused-ring (bicyclic) bond motifs is 2. The lowest BCUT2D eigenvalue weighted by molar-refractivity contribution is -0.141. The Hall–Kier alpha value is -4.03. The Kier molecular flexibility index (Phi) is 5.96. The number of hydrogen-bond acceptors (Lipinski definition) is 6. The quantitative estimate of drug-likeness (QED) is 0.357. The highest BCUT2D eigenvalue weighted by Gasteiger charge is 2.31. The Morgan fingerprint density at radius 1 is 0.844 bits per heavy atom. The van der Waals surface area contributed by atoms with Crippen LogP contribution in [0.1, 0.15) is 31.8 Å². The molecule has 3 aromatic carbocycles. The molecular weight excluding hydrogens is 408 g/mol. The second-order valence-corrected chi connectivity index (χ2v) is 7.26. The SMILES string of the molecule is C=CC(=O)OCC(O)COc1ccc(-c2cccc3c2C(=O)c2ccccc2C3=O)cc1. The van der Waals surface area contributed by atoms with E-state index < -0.39 is 12.1 Å². The molecule has 0 saturated carbocycles. The van der Waals surface area contributed by atoms with Gasteiger partial charge in [0.2, 0.25) is 0 Å². The van der Waals surface area contributed by atoms with E-state index in [1.807, 2.05) is 6.07 Å². The summed E-state index contributed by atoms with van der Waals surface area (Å²) in [5.41, 5.74) is 3.04. The van der Waals surface area contributed by atoms with Gasteiger partial charge in [0.25, 0.3) is 0 Å². The van der Waals surface area contributed by atoms with Gasteiger partial charge in [0.05, 0.1) is 0 Å². The van der Waals surface area contributed by atoms with Crippen LogP contribution in [0.25, 0.3) is 11.1 Å². The van der Waals surface area contributed by atoms with Gasteiger partial charge in [0.15, 0.2) is 11.6 Å². The average molecular weight is 428 g/mol. The van der Waals surface area contributed by atoms with Crippen molar-refractivity contribution in [1.82, 2.24) is 0 Å². The smallest absolute Gasteiger partial charge is 0.330 e. The number of ether oxygens (including phenoxy) is 2. The zero-order valence-corrected chi connectivity index (χ0v) is 17.1. The minimum absolute atomic E-state index is 0.0612. The van der Waals surface area contributed by atoms with E-state index in [-0.39, 0.29) is 24.8 Å². The largest absolute Gasteiger partial charge is 0.491 e. The fourth-order valence-corrected chi connectivity index (χ4v) is 3.59. The highest BCUT2D eigenvalue weighted by atomic mass is 16.5. The number of aliphatic hydroxyl groups is 1. The topological polar surface area (TPSA) is 89.9 Å². The molecule has 1 unspecified atom stereocenters. The van der Waals surface area contributed by atoms with Gasteiger partial charge in [-0.1, -0.05) is 61.2 Å². The van der Waals surface area contributed by atoms with Crippen LogP contribution in [0.4, 0.5) is 0 Å². The molecule has 1 atom stereocenters. The third-order valence-corrected chi connectivity index (χ3v) is 5.14. The first kappa shape index (κ1) is 21.2.